The Balaban J connectivity index is 4.12. The van der Waals surface area contributed by atoms with E-state index in [0.29, 0.717) is 19.3 Å². The zero-order chi connectivity index (χ0) is 42.3. The lowest BCUT2D eigenvalue weighted by atomic mass is 10.1. The fraction of sp³-hybridized carbons (Fsp3) is 0.673. The monoisotopic (exact) mass is 807 g/mol. The summed E-state index contributed by atoms with van der Waals surface area (Å²) in [5.41, 5.74) is 0. The van der Waals surface area contributed by atoms with Gasteiger partial charge in [-0.05, 0) is 77.0 Å². The molecule has 0 aliphatic rings. The molecule has 0 aromatic rings. The molecule has 0 fully saturated rings. The molecule has 0 spiro atoms. The molecule has 0 aromatic heterocycles. The van der Waals surface area contributed by atoms with Crippen LogP contribution < -0.4 is 0 Å². The van der Waals surface area contributed by atoms with Crippen molar-refractivity contribution in [2.45, 2.75) is 213 Å². The van der Waals surface area contributed by atoms with Crippen molar-refractivity contribution in [1.82, 2.24) is 0 Å². The highest BCUT2D eigenvalue weighted by Crippen LogP contribution is 2.13. The Morgan fingerprint density at radius 3 is 1.05 bits per heavy atom. The summed E-state index contributed by atoms with van der Waals surface area (Å²) in [5, 5.41) is 0. The van der Waals surface area contributed by atoms with Gasteiger partial charge in [0.15, 0.2) is 6.10 Å². The van der Waals surface area contributed by atoms with E-state index < -0.39 is 6.10 Å². The molecule has 1 unspecified atom stereocenters. The lowest BCUT2D eigenvalue weighted by Crippen LogP contribution is -2.30. The van der Waals surface area contributed by atoms with Crippen molar-refractivity contribution >= 4 is 17.9 Å². The summed E-state index contributed by atoms with van der Waals surface area (Å²) in [4.78, 5) is 37.4. The van der Waals surface area contributed by atoms with E-state index in [9.17, 15) is 14.4 Å². The Bertz CT molecular complexity index is 1160. The van der Waals surface area contributed by atoms with Crippen LogP contribution in [0, 0.1) is 0 Å². The second-order valence-corrected chi connectivity index (χ2v) is 15.3. The molecule has 6 heteroatoms. The van der Waals surface area contributed by atoms with Crippen LogP contribution in [0.25, 0.3) is 0 Å². The van der Waals surface area contributed by atoms with Crippen LogP contribution in [0.15, 0.2) is 85.1 Å². The second kappa shape index (κ2) is 46.3. The van der Waals surface area contributed by atoms with Crippen LogP contribution in [0.3, 0.4) is 0 Å². The summed E-state index contributed by atoms with van der Waals surface area (Å²) in [6.07, 6.45) is 59.0. The van der Waals surface area contributed by atoms with Crippen LogP contribution in [0.4, 0.5) is 0 Å². The first-order valence-electron chi connectivity index (χ1n) is 23.6. The average Bonchev–Trinajstić information content (AvgIpc) is 3.22. The molecule has 0 radical (unpaired) electrons. The van der Waals surface area contributed by atoms with Crippen molar-refractivity contribution in [3.63, 3.8) is 0 Å². The lowest BCUT2D eigenvalue weighted by molar-refractivity contribution is -0.167. The van der Waals surface area contributed by atoms with Crippen molar-refractivity contribution in [3.05, 3.63) is 85.1 Å². The molecule has 58 heavy (non-hydrogen) atoms. The number of hydrogen-bond donors (Lipinski definition) is 0. The summed E-state index contributed by atoms with van der Waals surface area (Å²) in [7, 11) is 0. The van der Waals surface area contributed by atoms with Gasteiger partial charge in [0, 0.05) is 19.3 Å². The van der Waals surface area contributed by atoms with Crippen LogP contribution in [0.1, 0.15) is 207 Å². The standard InChI is InChI=1S/C52H86O6/c1-4-7-10-13-16-17-18-19-20-21-22-23-24-25-26-27-28-29-30-31-32-33-34-35-37-39-42-45-51(54)57-48-49(47-56-50(53)44-41-38-15-12-9-6-3)58-52(55)46-43-40-36-14-11-8-5-2/h7,10,16-17,19-20,22-23,25-26,28-29,31-32,49H,4-6,8-9,11-15,18,21,24,27,30,33-48H2,1-3H3/b10-7-,17-16-,20-19-,23-22-,26-25-,29-28-,32-31-. The fourth-order valence-corrected chi connectivity index (χ4v) is 6.13. The van der Waals surface area contributed by atoms with E-state index in [1.54, 1.807) is 0 Å². The highest BCUT2D eigenvalue weighted by molar-refractivity contribution is 5.71. The molecule has 0 aromatic carbocycles. The van der Waals surface area contributed by atoms with Gasteiger partial charge in [0.2, 0.25) is 0 Å². The van der Waals surface area contributed by atoms with Gasteiger partial charge in [-0.1, -0.05) is 196 Å². The Labute approximate surface area is 356 Å². The molecule has 0 amide bonds. The summed E-state index contributed by atoms with van der Waals surface area (Å²) >= 11 is 0. The van der Waals surface area contributed by atoms with E-state index in [0.717, 1.165) is 122 Å². The van der Waals surface area contributed by atoms with Crippen molar-refractivity contribution in [2.24, 2.45) is 0 Å². The van der Waals surface area contributed by atoms with Crippen LogP contribution in [0.2, 0.25) is 0 Å². The van der Waals surface area contributed by atoms with Crippen LogP contribution >= 0.6 is 0 Å². The maximum Gasteiger partial charge on any atom is 0.306 e. The van der Waals surface area contributed by atoms with E-state index in [4.69, 9.17) is 14.2 Å². The maximum atomic E-state index is 12.6. The molecule has 0 rings (SSSR count). The van der Waals surface area contributed by atoms with Crippen molar-refractivity contribution < 1.29 is 28.6 Å². The van der Waals surface area contributed by atoms with Crippen molar-refractivity contribution in [3.8, 4) is 0 Å². The summed E-state index contributed by atoms with van der Waals surface area (Å²) < 4.78 is 16.5. The normalized spacial score (nSPS) is 12.8. The Morgan fingerprint density at radius 1 is 0.362 bits per heavy atom. The zero-order valence-electron chi connectivity index (χ0n) is 37.5. The summed E-state index contributed by atoms with van der Waals surface area (Å²) in [5.74, 6) is -0.927. The molecule has 0 N–H and O–H groups in total. The van der Waals surface area contributed by atoms with Crippen LogP contribution in [-0.2, 0) is 28.6 Å². The first kappa shape index (κ1) is 54.6. The first-order chi connectivity index (χ1) is 28.5. The van der Waals surface area contributed by atoms with Crippen molar-refractivity contribution in [1.29, 1.82) is 0 Å². The van der Waals surface area contributed by atoms with Gasteiger partial charge in [-0.3, -0.25) is 14.4 Å². The Morgan fingerprint density at radius 2 is 0.672 bits per heavy atom. The average molecular weight is 807 g/mol. The zero-order valence-corrected chi connectivity index (χ0v) is 37.5. The predicted octanol–water partition coefficient (Wildman–Crippen LogP) is 15.3. The van der Waals surface area contributed by atoms with E-state index in [1.165, 1.54) is 44.9 Å². The SMILES string of the molecule is CC/C=C\C/C=C\C/C=C\C/C=C\C/C=C\C/C=C\C/C=C\CCCCCCCC(=O)OCC(COC(=O)CCCCCCCC)OC(=O)CCCCCCCCC. The van der Waals surface area contributed by atoms with Crippen molar-refractivity contribution in [2.75, 3.05) is 13.2 Å². The molecule has 6 nitrogen and oxygen atoms in total. The minimum Gasteiger partial charge on any atom is -0.462 e. The molecule has 0 heterocycles. The van der Waals surface area contributed by atoms with Gasteiger partial charge < -0.3 is 14.2 Å². The molecule has 0 saturated carbocycles. The largest absolute Gasteiger partial charge is 0.462 e. The third-order valence-electron chi connectivity index (χ3n) is 9.66. The third-order valence-corrected chi connectivity index (χ3v) is 9.66. The molecule has 0 aliphatic carbocycles. The van der Waals surface area contributed by atoms with Crippen LogP contribution in [-0.4, -0.2) is 37.2 Å². The minimum atomic E-state index is -0.776. The van der Waals surface area contributed by atoms with Gasteiger partial charge in [0.1, 0.15) is 13.2 Å². The van der Waals surface area contributed by atoms with Crippen LogP contribution in [0.5, 0.6) is 0 Å². The Kier molecular flexibility index (Phi) is 43.6. The van der Waals surface area contributed by atoms with E-state index in [1.807, 2.05) is 0 Å². The Hall–Kier alpha value is -3.41. The van der Waals surface area contributed by atoms with E-state index >= 15 is 0 Å². The van der Waals surface area contributed by atoms with Gasteiger partial charge >= 0.3 is 17.9 Å². The number of rotatable bonds is 41. The number of hydrogen-bond acceptors (Lipinski definition) is 6. The predicted molar refractivity (Wildman–Crippen MR) is 247 cm³/mol. The van der Waals surface area contributed by atoms with E-state index in [-0.39, 0.29) is 31.1 Å². The highest BCUT2D eigenvalue weighted by Gasteiger charge is 2.19. The molecular weight excluding hydrogens is 721 g/mol. The minimum absolute atomic E-state index is 0.0828. The smallest absolute Gasteiger partial charge is 0.306 e. The number of unbranched alkanes of at least 4 members (excludes halogenated alkanes) is 16. The number of esters is 3. The first-order valence-corrected chi connectivity index (χ1v) is 23.6. The quantitative estimate of drug-likeness (QED) is 0.0265. The second-order valence-electron chi connectivity index (χ2n) is 15.3. The number of ether oxygens (including phenoxy) is 3. The van der Waals surface area contributed by atoms with E-state index in [2.05, 4.69) is 106 Å². The number of allylic oxidation sites excluding steroid dienone is 14. The molecular formula is C52H86O6. The highest BCUT2D eigenvalue weighted by atomic mass is 16.6. The summed E-state index contributed by atoms with van der Waals surface area (Å²) in [6.45, 7) is 6.38. The topological polar surface area (TPSA) is 78.9 Å². The number of carbonyl (C=O) groups is 3. The maximum absolute atomic E-state index is 12.6. The summed E-state index contributed by atoms with van der Waals surface area (Å²) in [6, 6.07) is 0. The third kappa shape index (κ3) is 43.7. The molecule has 1 atom stereocenters. The van der Waals surface area contributed by atoms with Gasteiger partial charge in [-0.2, -0.15) is 0 Å². The van der Waals surface area contributed by atoms with Gasteiger partial charge in [0.25, 0.3) is 0 Å². The molecule has 330 valence electrons. The fourth-order valence-electron chi connectivity index (χ4n) is 6.13. The number of carbonyl (C=O) groups excluding carboxylic acids is 3. The lowest BCUT2D eigenvalue weighted by Gasteiger charge is -2.18. The molecule has 0 aliphatic heterocycles. The van der Waals surface area contributed by atoms with Gasteiger partial charge in [0.05, 0.1) is 0 Å². The van der Waals surface area contributed by atoms with Gasteiger partial charge in [-0.25, -0.2) is 0 Å². The van der Waals surface area contributed by atoms with Gasteiger partial charge in [-0.15, -0.1) is 0 Å². The molecule has 0 bridgehead atoms. The molecule has 0 saturated heterocycles.